The van der Waals surface area contributed by atoms with Gasteiger partial charge in [0.25, 0.3) is 0 Å². The summed E-state index contributed by atoms with van der Waals surface area (Å²) in [5.74, 6) is -2.68. The number of alkyl halides is 4. The highest BCUT2D eigenvalue weighted by atomic mass is 32.2. The minimum atomic E-state index is -4.75. The van der Waals surface area contributed by atoms with E-state index < -0.39 is 65.4 Å². The van der Waals surface area contributed by atoms with Gasteiger partial charge in [0.2, 0.25) is 15.8 Å². The molecule has 1 fully saturated rings. The number of nitrogens with zero attached hydrogens (tertiary/aromatic N) is 4. The molecule has 0 saturated carbocycles. The van der Waals surface area contributed by atoms with Crippen molar-refractivity contribution in [2.75, 3.05) is 0 Å². The van der Waals surface area contributed by atoms with E-state index >= 15 is 0 Å². The van der Waals surface area contributed by atoms with Gasteiger partial charge in [-0.05, 0) is 49.2 Å². The Hall–Kier alpha value is -3.34. The maximum absolute atomic E-state index is 14.7. The van der Waals surface area contributed by atoms with E-state index in [2.05, 4.69) is 15.0 Å². The average molecular weight is 584 g/mol. The second kappa shape index (κ2) is 11.3. The van der Waals surface area contributed by atoms with Crippen LogP contribution in [0.1, 0.15) is 31.2 Å². The third-order valence-corrected chi connectivity index (χ3v) is 8.60. The lowest BCUT2D eigenvalue weighted by atomic mass is 9.76. The summed E-state index contributed by atoms with van der Waals surface area (Å²) in [7, 11) is -6.38. The molecular weight excluding hydrogens is 562 g/mol. The summed E-state index contributed by atoms with van der Waals surface area (Å²) in [5.41, 5.74) is 0.257. The van der Waals surface area contributed by atoms with Gasteiger partial charge in [-0.2, -0.15) is 17.5 Å². The highest BCUT2D eigenvalue weighted by Gasteiger charge is 2.48. The number of sulfonamides is 1. The first kappa shape index (κ1) is 29.6. The zero-order valence-corrected chi connectivity index (χ0v) is 21.6. The largest absolute Gasteiger partial charge is 0.490 e. The zero-order valence-electron chi connectivity index (χ0n) is 20.8. The van der Waals surface area contributed by atoms with Crippen molar-refractivity contribution in [3.05, 3.63) is 66.1 Å². The molecule has 0 amide bonds. The fourth-order valence-corrected chi connectivity index (χ4v) is 6.32. The maximum Gasteiger partial charge on any atom is 0.490 e. The van der Waals surface area contributed by atoms with Crippen molar-refractivity contribution in [2.45, 2.75) is 55.5 Å². The number of rotatable bonds is 8. The van der Waals surface area contributed by atoms with E-state index in [1.807, 2.05) is 0 Å². The highest BCUT2D eigenvalue weighted by molar-refractivity contribution is 7.89. The van der Waals surface area contributed by atoms with Gasteiger partial charge in [0.1, 0.15) is 12.0 Å². The number of ketones is 1. The van der Waals surface area contributed by atoms with Gasteiger partial charge >= 0.3 is 13.3 Å². The Bertz CT molecular complexity index is 1490. The number of hydrogen-bond donors (Lipinski definition) is 2. The Balaban J connectivity index is 1.58. The fraction of sp³-hybridized carbons (Fsp3) is 0.333. The lowest BCUT2D eigenvalue weighted by Gasteiger charge is -2.27. The summed E-state index contributed by atoms with van der Waals surface area (Å²) in [6.45, 7) is 1.32. The van der Waals surface area contributed by atoms with Gasteiger partial charge in [0.05, 0.1) is 22.7 Å². The molecule has 212 valence electrons. The van der Waals surface area contributed by atoms with Gasteiger partial charge in [-0.25, -0.2) is 27.2 Å². The monoisotopic (exact) mass is 584 g/mol. The van der Waals surface area contributed by atoms with Crippen LogP contribution in [-0.2, 0) is 27.4 Å². The van der Waals surface area contributed by atoms with Crippen LogP contribution in [0.2, 0.25) is 0 Å². The summed E-state index contributed by atoms with van der Waals surface area (Å²) < 4.78 is 93.7. The molecule has 1 saturated heterocycles. The number of Topliss-reactive ketones (excluding diaryl/α,β-unsaturated/α-hetero) is 1. The van der Waals surface area contributed by atoms with Gasteiger partial charge in [-0.1, -0.05) is 0 Å². The smallest absolute Gasteiger partial charge is 0.423 e. The SMILES string of the molecule is C[C@H]1[C@H](F)C[C@@H](C(=O)CCc2cc(-c3cnc(C(F)(F)F)nc3)ncc2B(O)O)N1S(=O)(=O)c1ccc(F)cc1. The molecule has 2 N–H and O–H groups in total. The van der Waals surface area contributed by atoms with Crippen molar-refractivity contribution >= 4 is 28.4 Å². The van der Waals surface area contributed by atoms with E-state index in [0.29, 0.717) is 0 Å². The molecule has 1 aliphatic heterocycles. The Morgan fingerprint density at radius 1 is 1.10 bits per heavy atom. The van der Waals surface area contributed by atoms with Crippen LogP contribution in [0.15, 0.2) is 53.8 Å². The predicted molar refractivity (Wildman–Crippen MR) is 132 cm³/mol. The minimum absolute atomic E-state index is 0.0828. The van der Waals surface area contributed by atoms with E-state index in [4.69, 9.17) is 0 Å². The normalized spacial score (nSPS) is 20.1. The molecule has 16 heteroatoms. The van der Waals surface area contributed by atoms with Gasteiger partial charge in [0.15, 0.2) is 5.78 Å². The first-order chi connectivity index (χ1) is 18.7. The summed E-state index contributed by atoms with van der Waals surface area (Å²) >= 11 is 0. The van der Waals surface area contributed by atoms with Gasteiger partial charge in [0, 0.05) is 42.5 Å². The molecule has 9 nitrogen and oxygen atoms in total. The van der Waals surface area contributed by atoms with Crippen LogP contribution in [0.25, 0.3) is 11.3 Å². The van der Waals surface area contributed by atoms with Crippen LogP contribution in [0, 0.1) is 5.82 Å². The molecule has 0 unspecified atom stereocenters. The molecule has 1 aliphatic rings. The topological polar surface area (TPSA) is 134 Å². The van der Waals surface area contributed by atoms with E-state index in [9.17, 15) is 45.2 Å². The Morgan fingerprint density at radius 2 is 1.73 bits per heavy atom. The maximum atomic E-state index is 14.7. The minimum Gasteiger partial charge on any atom is -0.423 e. The number of halogens is 5. The van der Waals surface area contributed by atoms with Crippen molar-refractivity contribution < 1.29 is 45.2 Å². The molecule has 0 aliphatic carbocycles. The van der Waals surface area contributed by atoms with Crippen LogP contribution >= 0.6 is 0 Å². The number of carbonyl (C=O) groups excluding carboxylic acids is 1. The second-order valence-corrected chi connectivity index (χ2v) is 11.0. The number of aromatic nitrogens is 3. The van der Waals surface area contributed by atoms with Crippen LogP contribution in [-0.4, -0.2) is 68.9 Å². The molecule has 0 radical (unpaired) electrons. The summed E-state index contributed by atoms with van der Waals surface area (Å²) in [6, 6.07) is 2.67. The van der Waals surface area contributed by atoms with E-state index in [1.165, 1.54) is 13.0 Å². The Kier molecular flexibility index (Phi) is 8.35. The van der Waals surface area contributed by atoms with Crippen molar-refractivity contribution in [2.24, 2.45) is 0 Å². The standard InChI is InChI=1S/C24H22BF5N4O5S/c1-13-19(27)9-21(34(13)40(38,39)17-5-3-16(26)4-6-17)22(35)7-2-14-8-20(31-12-18(14)25(36)37)15-10-32-23(33-11-15)24(28,29)30/h3-6,8,10-13,19,21,36-37H,2,7,9H2,1H3/t13-,19+,21-/m0/s1. The number of benzene rings is 1. The molecule has 3 aromatic rings. The Morgan fingerprint density at radius 3 is 2.30 bits per heavy atom. The van der Waals surface area contributed by atoms with E-state index in [0.717, 1.165) is 47.2 Å². The molecular formula is C24H22BF5N4O5S. The number of carbonyl (C=O) groups is 1. The highest BCUT2D eigenvalue weighted by Crippen LogP contribution is 2.34. The predicted octanol–water partition coefficient (Wildman–Crippen LogP) is 2.07. The second-order valence-electron chi connectivity index (χ2n) is 9.20. The summed E-state index contributed by atoms with van der Waals surface area (Å²) in [4.78, 5) is 23.4. The summed E-state index contributed by atoms with van der Waals surface area (Å²) in [5, 5.41) is 19.5. The molecule has 3 atom stereocenters. The molecule has 4 rings (SSSR count). The molecule has 3 heterocycles. The lowest BCUT2D eigenvalue weighted by Crippen LogP contribution is -2.44. The van der Waals surface area contributed by atoms with Gasteiger partial charge in [-0.3, -0.25) is 9.78 Å². The number of hydrogen-bond acceptors (Lipinski definition) is 8. The molecule has 0 bridgehead atoms. The van der Waals surface area contributed by atoms with Crippen LogP contribution in [0.3, 0.4) is 0 Å². The average Bonchev–Trinajstić information content (AvgIpc) is 3.21. The van der Waals surface area contributed by atoms with Crippen molar-refractivity contribution in [1.29, 1.82) is 0 Å². The fourth-order valence-electron chi connectivity index (χ4n) is 4.49. The molecule has 2 aromatic heterocycles. The number of pyridine rings is 1. The van der Waals surface area contributed by atoms with Gasteiger partial charge in [-0.15, -0.1) is 0 Å². The summed E-state index contributed by atoms with van der Waals surface area (Å²) in [6.07, 6.45) is -4.45. The van der Waals surface area contributed by atoms with Crippen molar-refractivity contribution in [3.63, 3.8) is 0 Å². The molecule has 40 heavy (non-hydrogen) atoms. The molecule has 1 aromatic carbocycles. The number of aryl methyl sites for hydroxylation is 1. The van der Waals surface area contributed by atoms with Crippen molar-refractivity contribution in [1.82, 2.24) is 19.3 Å². The molecule has 0 spiro atoms. The zero-order chi connectivity index (χ0) is 29.4. The first-order valence-corrected chi connectivity index (χ1v) is 13.3. The lowest BCUT2D eigenvalue weighted by molar-refractivity contribution is -0.145. The Labute approximate surface area is 225 Å². The van der Waals surface area contributed by atoms with Crippen LogP contribution < -0.4 is 5.46 Å². The van der Waals surface area contributed by atoms with E-state index in [-0.39, 0.29) is 40.0 Å². The van der Waals surface area contributed by atoms with Gasteiger partial charge < -0.3 is 10.0 Å². The third-order valence-electron chi connectivity index (χ3n) is 6.59. The van der Waals surface area contributed by atoms with Crippen LogP contribution in [0.4, 0.5) is 22.0 Å². The van der Waals surface area contributed by atoms with E-state index in [1.54, 1.807) is 0 Å². The third kappa shape index (κ3) is 6.04. The van der Waals surface area contributed by atoms with Crippen LogP contribution in [0.5, 0.6) is 0 Å². The quantitative estimate of drug-likeness (QED) is 0.304. The first-order valence-electron chi connectivity index (χ1n) is 11.9. The van der Waals surface area contributed by atoms with Crippen molar-refractivity contribution in [3.8, 4) is 11.3 Å².